The number of ketones is 1. The van der Waals surface area contributed by atoms with Crippen LogP contribution < -0.4 is 0 Å². The summed E-state index contributed by atoms with van der Waals surface area (Å²) >= 11 is 0. The van der Waals surface area contributed by atoms with Crippen molar-refractivity contribution in [1.82, 2.24) is 0 Å². The first kappa shape index (κ1) is 7.62. The minimum Gasteiger partial charge on any atom is -0.393 e. The minimum atomic E-state index is -1.50. The molecular weight excluding hydrogens is 140 g/mol. The van der Waals surface area contributed by atoms with Gasteiger partial charge < -0.3 is 20.1 Å². The van der Waals surface area contributed by atoms with Gasteiger partial charge in [0.2, 0.25) is 0 Å². The van der Waals surface area contributed by atoms with Crippen molar-refractivity contribution in [2.75, 3.05) is 6.61 Å². The molecule has 0 spiro atoms. The second-order valence-electron chi connectivity index (χ2n) is 2.05. The van der Waals surface area contributed by atoms with Crippen LogP contribution in [0, 0.1) is 0 Å². The maximum absolute atomic E-state index is 10.7. The third kappa shape index (κ3) is 1.04. The molecule has 10 heavy (non-hydrogen) atoms. The van der Waals surface area contributed by atoms with Crippen molar-refractivity contribution in [3.63, 3.8) is 0 Å². The first-order valence-corrected chi connectivity index (χ1v) is 2.83. The zero-order valence-corrected chi connectivity index (χ0v) is 5.10. The predicted molar refractivity (Wildman–Crippen MR) is 29.0 cm³/mol. The Kier molecular flexibility index (Phi) is 2.00. The standard InChI is InChI=1S/C5H8O5/c6-1-2-3(7)4(8)5(9)10-2/h2,4-6,8-9H,1H2. The summed E-state index contributed by atoms with van der Waals surface area (Å²) in [6.07, 6.45) is -4.05. The zero-order chi connectivity index (χ0) is 7.72. The van der Waals surface area contributed by atoms with Crippen LogP contribution in [0.3, 0.4) is 0 Å². The normalized spacial score (nSPS) is 40.7. The number of aliphatic hydroxyl groups is 3. The number of hydrogen-bond acceptors (Lipinski definition) is 5. The molecule has 0 aliphatic carbocycles. The molecule has 3 N–H and O–H groups in total. The highest BCUT2D eigenvalue weighted by atomic mass is 16.6. The molecule has 0 radical (unpaired) electrons. The van der Waals surface area contributed by atoms with Crippen molar-refractivity contribution in [2.24, 2.45) is 0 Å². The topological polar surface area (TPSA) is 87.0 Å². The molecule has 0 aromatic heterocycles. The van der Waals surface area contributed by atoms with Gasteiger partial charge in [0.15, 0.2) is 18.2 Å². The summed E-state index contributed by atoms with van der Waals surface area (Å²) in [6, 6.07) is 0. The Bertz CT molecular complexity index is 145. The second kappa shape index (κ2) is 2.63. The van der Waals surface area contributed by atoms with Crippen LogP contribution in [0.15, 0.2) is 0 Å². The highest BCUT2D eigenvalue weighted by molar-refractivity contribution is 5.89. The third-order valence-electron chi connectivity index (χ3n) is 1.35. The number of rotatable bonds is 1. The highest BCUT2D eigenvalue weighted by Crippen LogP contribution is 2.13. The molecule has 5 heteroatoms. The van der Waals surface area contributed by atoms with Crippen molar-refractivity contribution >= 4 is 5.78 Å². The van der Waals surface area contributed by atoms with Crippen LogP contribution in [0.4, 0.5) is 0 Å². The number of carbonyl (C=O) groups excluding carboxylic acids is 1. The lowest BCUT2D eigenvalue weighted by atomic mass is 10.2. The van der Waals surface area contributed by atoms with Crippen LogP contribution >= 0.6 is 0 Å². The molecule has 1 aliphatic heterocycles. The monoisotopic (exact) mass is 148 g/mol. The van der Waals surface area contributed by atoms with Gasteiger partial charge in [-0.1, -0.05) is 0 Å². The summed E-state index contributed by atoms with van der Waals surface area (Å²) in [5.74, 6) is -0.671. The maximum Gasteiger partial charge on any atom is 0.197 e. The summed E-state index contributed by atoms with van der Waals surface area (Å²) in [7, 11) is 0. The van der Waals surface area contributed by atoms with E-state index in [-0.39, 0.29) is 0 Å². The van der Waals surface area contributed by atoms with Crippen molar-refractivity contribution < 1.29 is 24.9 Å². The Morgan fingerprint density at radius 1 is 1.50 bits per heavy atom. The molecule has 1 saturated heterocycles. The van der Waals surface area contributed by atoms with E-state index in [2.05, 4.69) is 4.74 Å². The number of aliphatic hydroxyl groups excluding tert-OH is 3. The third-order valence-corrected chi connectivity index (χ3v) is 1.35. The van der Waals surface area contributed by atoms with Crippen LogP contribution in [-0.4, -0.2) is 46.2 Å². The van der Waals surface area contributed by atoms with Crippen molar-refractivity contribution in [3.05, 3.63) is 0 Å². The minimum absolute atomic E-state index is 0.507. The summed E-state index contributed by atoms with van der Waals surface area (Å²) in [5.41, 5.74) is 0. The van der Waals surface area contributed by atoms with E-state index >= 15 is 0 Å². The Morgan fingerprint density at radius 2 is 2.10 bits per heavy atom. The van der Waals surface area contributed by atoms with Gasteiger partial charge >= 0.3 is 0 Å². The van der Waals surface area contributed by atoms with E-state index in [0.29, 0.717) is 0 Å². The predicted octanol–water partition coefficient (Wildman–Crippen LogP) is -2.37. The molecule has 58 valence electrons. The van der Waals surface area contributed by atoms with Crippen LogP contribution in [0.2, 0.25) is 0 Å². The van der Waals surface area contributed by atoms with E-state index in [9.17, 15) is 4.79 Å². The lowest BCUT2D eigenvalue weighted by molar-refractivity contribution is -0.132. The SMILES string of the molecule is O=C1C(CO)OC(O)C1O. The van der Waals surface area contributed by atoms with Gasteiger partial charge in [0.1, 0.15) is 6.10 Å². The fraction of sp³-hybridized carbons (Fsp3) is 0.800. The van der Waals surface area contributed by atoms with Crippen LogP contribution in [-0.2, 0) is 9.53 Å². The van der Waals surface area contributed by atoms with Crippen molar-refractivity contribution in [1.29, 1.82) is 0 Å². The molecular formula is C5H8O5. The fourth-order valence-corrected chi connectivity index (χ4v) is 0.774. The molecule has 1 aliphatic rings. The summed E-state index contributed by atoms with van der Waals surface area (Å²) in [4.78, 5) is 10.7. The van der Waals surface area contributed by atoms with Gasteiger partial charge in [0.05, 0.1) is 6.61 Å². The Balaban J connectivity index is 2.62. The van der Waals surface area contributed by atoms with E-state index in [1.54, 1.807) is 0 Å². The molecule has 3 atom stereocenters. The largest absolute Gasteiger partial charge is 0.393 e. The summed E-state index contributed by atoms with van der Waals surface area (Å²) in [5, 5.41) is 25.8. The molecule has 3 unspecified atom stereocenters. The quantitative estimate of drug-likeness (QED) is 0.386. The molecule has 0 bridgehead atoms. The van der Waals surface area contributed by atoms with Gasteiger partial charge in [-0.15, -0.1) is 0 Å². The summed E-state index contributed by atoms with van der Waals surface area (Å²) < 4.78 is 4.44. The molecule has 1 rings (SSSR count). The maximum atomic E-state index is 10.7. The van der Waals surface area contributed by atoms with Gasteiger partial charge in [-0.25, -0.2) is 0 Å². The number of Topliss-reactive ketones (excluding diaryl/α,β-unsaturated/α-hetero) is 1. The lowest BCUT2D eigenvalue weighted by Crippen LogP contribution is -2.28. The van der Waals surface area contributed by atoms with Crippen molar-refractivity contribution in [3.8, 4) is 0 Å². The first-order chi connectivity index (χ1) is 4.66. The summed E-state index contributed by atoms with van der Waals surface area (Å²) in [6.45, 7) is -0.507. The Labute approximate surface area is 56.9 Å². The zero-order valence-electron chi connectivity index (χ0n) is 5.10. The van der Waals surface area contributed by atoms with Gasteiger partial charge in [0, 0.05) is 0 Å². The lowest BCUT2D eigenvalue weighted by Gasteiger charge is -2.02. The van der Waals surface area contributed by atoms with Crippen LogP contribution in [0.25, 0.3) is 0 Å². The average Bonchev–Trinajstić information content (AvgIpc) is 2.17. The van der Waals surface area contributed by atoms with E-state index in [1.807, 2.05) is 0 Å². The molecule has 1 fully saturated rings. The molecule has 1 heterocycles. The number of carbonyl (C=O) groups is 1. The van der Waals surface area contributed by atoms with Gasteiger partial charge in [-0.3, -0.25) is 4.79 Å². The molecule has 0 aromatic carbocycles. The molecule has 0 aromatic rings. The van der Waals surface area contributed by atoms with Gasteiger partial charge in [0.25, 0.3) is 0 Å². The van der Waals surface area contributed by atoms with E-state index < -0.39 is 30.9 Å². The van der Waals surface area contributed by atoms with E-state index in [1.165, 1.54) is 0 Å². The molecule has 5 nitrogen and oxygen atoms in total. The van der Waals surface area contributed by atoms with Crippen LogP contribution in [0.5, 0.6) is 0 Å². The van der Waals surface area contributed by atoms with E-state index in [4.69, 9.17) is 15.3 Å². The molecule has 0 saturated carbocycles. The Morgan fingerprint density at radius 3 is 2.30 bits per heavy atom. The van der Waals surface area contributed by atoms with E-state index in [0.717, 1.165) is 0 Å². The number of ether oxygens (including phenoxy) is 1. The number of hydrogen-bond donors (Lipinski definition) is 3. The van der Waals surface area contributed by atoms with Crippen molar-refractivity contribution in [2.45, 2.75) is 18.5 Å². The van der Waals surface area contributed by atoms with Gasteiger partial charge in [-0.2, -0.15) is 0 Å². The molecule has 0 amide bonds. The first-order valence-electron chi connectivity index (χ1n) is 2.83. The second-order valence-corrected chi connectivity index (χ2v) is 2.05. The van der Waals surface area contributed by atoms with Crippen LogP contribution in [0.1, 0.15) is 0 Å². The fourth-order valence-electron chi connectivity index (χ4n) is 0.774. The highest BCUT2D eigenvalue weighted by Gasteiger charge is 2.40. The average molecular weight is 148 g/mol. The van der Waals surface area contributed by atoms with Gasteiger partial charge in [-0.05, 0) is 0 Å². The smallest absolute Gasteiger partial charge is 0.197 e. The Hall–Kier alpha value is -0.490.